The van der Waals surface area contributed by atoms with Crippen molar-refractivity contribution in [3.8, 4) is 5.69 Å². The molecule has 0 saturated carbocycles. The number of amides is 2. The van der Waals surface area contributed by atoms with Crippen molar-refractivity contribution in [3.05, 3.63) is 119 Å². The zero-order chi connectivity index (χ0) is 26.6. The molecule has 0 radical (unpaired) electrons. The maximum Gasteiger partial charge on any atom is 0.271 e. The maximum atomic E-state index is 13.1. The third-order valence-electron chi connectivity index (χ3n) is 6.27. The number of rotatable bonds is 7. The van der Waals surface area contributed by atoms with E-state index in [0.717, 1.165) is 33.5 Å². The van der Waals surface area contributed by atoms with Crippen molar-refractivity contribution in [2.24, 2.45) is 5.10 Å². The van der Waals surface area contributed by atoms with Gasteiger partial charge in [0.1, 0.15) is 12.4 Å². The Kier molecular flexibility index (Phi) is 6.86. The molecule has 0 aliphatic carbocycles. The predicted octanol–water partition coefficient (Wildman–Crippen LogP) is 5.59. The topological polar surface area (TPSA) is 80.4 Å². The summed E-state index contributed by atoms with van der Waals surface area (Å²) in [5, 5.41) is 7.84. The van der Waals surface area contributed by atoms with Crippen LogP contribution in [0.4, 0.5) is 10.1 Å². The number of halogens is 1. The lowest BCUT2D eigenvalue weighted by Gasteiger charge is -2.10. The number of para-hydroxylation sites is 1. The summed E-state index contributed by atoms with van der Waals surface area (Å²) in [6.45, 7) is 4.10. The van der Waals surface area contributed by atoms with E-state index in [1.165, 1.54) is 24.3 Å². The second kappa shape index (κ2) is 10.6. The normalized spacial score (nSPS) is 11.2. The molecule has 2 N–H and O–H groups in total. The van der Waals surface area contributed by atoms with Gasteiger partial charge in [0.05, 0.1) is 6.21 Å². The number of nitrogens with zero attached hydrogens (tertiary/aromatic N) is 3. The summed E-state index contributed by atoms with van der Waals surface area (Å²) in [7, 11) is 0. The van der Waals surface area contributed by atoms with Crippen LogP contribution in [-0.2, 0) is 11.3 Å². The van der Waals surface area contributed by atoms with Crippen LogP contribution in [0.15, 0.2) is 96.2 Å². The van der Waals surface area contributed by atoms with Crippen LogP contribution in [0.2, 0.25) is 0 Å². The van der Waals surface area contributed by atoms with Crippen LogP contribution < -0.4 is 10.7 Å². The summed E-state index contributed by atoms with van der Waals surface area (Å²) < 4.78 is 17.0. The highest BCUT2D eigenvalue weighted by molar-refractivity contribution is 6.01. The summed E-state index contributed by atoms with van der Waals surface area (Å²) in [5.74, 6) is -0.940. The number of hydrogen-bond donors (Lipinski definition) is 2. The lowest BCUT2D eigenvalue weighted by atomic mass is 10.2. The lowest BCUT2D eigenvalue weighted by molar-refractivity contribution is -0.116. The predicted molar refractivity (Wildman–Crippen MR) is 147 cm³/mol. The van der Waals surface area contributed by atoms with Crippen LogP contribution in [-0.4, -0.2) is 27.2 Å². The van der Waals surface area contributed by atoms with Gasteiger partial charge in [-0.15, -0.1) is 0 Å². The zero-order valence-electron chi connectivity index (χ0n) is 21.0. The largest absolute Gasteiger partial charge is 0.337 e. The van der Waals surface area contributed by atoms with E-state index in [2.05, 4.69) is 20.4 Å². The van der Waals surface area contributed by atoms with Gasteiger partial charge in [-0.1, -0.05) is 24.3 Å². The number of carbonyl (C=O) groups excluding carboxylic acids is 2. The van der Waals surface area contributed by atoms with Gasteiger partial charge in [-0.05, 0) is 74.5 Å². The minimum Gasteiger partial charge on any atom is -0.337 e. The molecule has 38 heavy (non-hydrogen) atoms. The van der Waals surface area contributed by atoms with E-state index in [1.54, 1.807) is 12.3 Å². The van der Waals surface area contributed by atoms with Gasteiger partial charge in [-0.2, -0.15) is 5.10 Å². The zero-order valence-corrected chi connectivity index (χ0v) is 21.0. The average Bonchev–Trinajstić information content (AvgIpc) is 3.44. The molecule has 0 aliphatic heterocycles. The first-order chi connectivity index (χ1) is 18.4. The van der Waals surface area contributed by atoms with Crippen LogP contribution in [0.25, 0.3) is 16.6 Å². The lowest BCUT2D eigenvalue weighted by Crippen LogP contribution is -2.18. The summed E-state index contributed by atoms with van der Waals surface area (Å²) in [6, 6.07) is 24.7. The van der Waals surface area contributed by atoms with Gasteiger partial charge in [0.15, 0.2) is 0 Å². The first kappa shape index (κ1) is 24.7. The number of aromatic nitrogens is 2. The number of aryl methyl sites for hydroxylation is 2. The van der Waals surface area contributed by atoms with Crippen LogP contribution in [0.5, 0.6) is 0 Å². The summed E-state index contributed by atoms with van der Waals surface area (Å²) in [6.07, 6.45) is 3.38. The highest BCUT2D eigenvalue weighted by atomic mass is 19.1. The van der Waals surface area contributed by atoms with Crippen molar-refractivity contribution in [2.45, 2.75) is 20.4 Å². The fourth-order valence-electron chi connectivity index (χ4n) is 4.48. The van der Waals surface area contributed by atoms with E-state index < -0.39 is 0 Å². The van der Waals surface area contributed by atoms with Gasteiger partial charge in [0.2, 0.25) is 5.91 Å². The molecular weight excluding hydrogens is 481 g/mol. The van der Waals surface area contributed by atoms with Gasteiger partial charge < -0.3 is 14.5 Å². The Morgan fingerprint density at radius 2 is 1.66 bits per heavy atom. The molecule has 2 heterocycles. The number of carbonyl (C=O) groups is 2. The number of benzene rings is 3. The molecule has 8 heteroatoms. The van der Waals surface area contributed by atoms with E-state index in [1.807, 2.05) is 79.2 Å². The standard InChI is InChI=1S/C30H26FN5O2/c1-20-10-11-21(2)36(20)26-7-5-6-22(16-26)30(38)34-32-17-23-18-35(28-9-4-3-8-27(23)28)19-29(37)33-25-14-12-24(31)13-15-25/h3-18H,19H2,1-2H3,(H,33,37)(H,34,38)/b32-17-. The second-order valence-electron chi connectivity index (χ2n) is 8.99. The smallest absolute Gasteiger partial charge is 0.271 e. The molecule has 2 amide bonds. The van der Waals surface area contributed by atoms with Crippen LogP contribution in [0, 0.1) is 19.7 Å². The molecule has 0 bridgehead atoms. The van der Waals surface area contributed by atoms with E-state index in [9.17, 15) is 14.0 Å². The van der Waals surface area contributed by atoms with E-state index in [4.69, 9.17) is 0 Å². The fourth-order valence-corrected chi connectivity index (χ4v) is 4.48. The minimum atomic E-state index is -0.366. The Labute approximate surface area is 219 Å². The Morgan fingerprint density at radius 3 is 2.42 bits per heavy atom. The SMILES string of the molecule is Cc1ccc(C)n1-c1cccc(C(=O)N/N=C\c2cn(CC(=O)Nc3ccc(F)cc3)c3ccccc23)c1. The van der Waals surface area contributed by atoms with Crippen LogP contribution in [0.1, 0.15) is 27.3 Å². The van der Waals surface area contributed by atoms with Crippen molar-refractivity contribution in [1.29, 1.82) is 0 Å². The van der Waals surface area contributed by atoms with E-state index in [0.29, 0.717) is 11.3 Å². The van der Waals surface area contributed by atoms with Gasteiger partial charge in [-0.3, -0.25) is 9.59 Å². The van der Waals surface area contributed by atoms with Crippen LogP contribution in [0.3, 0.4) is 0 Å². The molecule has 0 fully saturated rings. The van der Waals surface area contributed by atoms with Gasteiger partial charge in [0, 0.05) is 51.0 Å². The molecule has 3 aromatic carbocycles. The van der Waals surface area contributed by atoms with Crippen molar-refractivity contribution in [1.82, 2.24) is 14.6 Å². The fraction of sp³-hybridized carbons (Fsp3) is 0.100. The molecule has 2 aromatic heterocycles. The number of nitrogens with one attached hydrogen (secondary N) is 2. The summed E-state index contributed by atoms with van der Waals surface area (Å²) in [5.41, 5.74) is 8.29. The minimum absolute atomic E-state index is 0.0586. The molecule has 0 aliphatic rings. The van der Waals surface area contributed by atoms with E-state index in [-0.39, 0.29) is 24.2 Å². The molecule has 0 atom stereocenters. The molecule has 190 valence electrons. The number of hydrogen-bond acceptors (Lipinski definition) is 3. The van der Waals surface area contributed by atoms with Gasteiger partial charge >= 0.3 is 0 Å². The summed E-state index contributed by atoms with van der Waals surface area (Å²) in [4.78, 5) is 25.4. The average molecular weight is 508 g/mol. The molecule has 5 aromatic rings. The van der Waals surface area contributed by atoms with Gasteiger partial charge in [-0.25, -0.2) is 9.82 Å². The summed E-state index contributed by atoms with van der Waals surface area (Å²) >= 11 is 0. The van der Waals surface area contributed by atoms with Crippen molar-refractivity contribution in [2.75, 3.05) is 5.32 Å². The number of fused-ring (bicyclic) bond motifs is 1. The first-order valence-corrected chi connectivity index (χ1v) is 12.1. The van der Waals surface area contributed by atoms with Crippen molar-refractivity contribution < 1.29 is 14.0 Å². The van der Waals surface area contributed by atoms with Gasteiger partial charge in [0.25, 0.3) is 5.91 Å². The molecule has 0 saturated heterocycles. The highest BCUT2D eigenvalue weighted by Gasteiger charge is 2.12. The second-order valence-corrected chi connectivity index (χ2v) is 8.99. The molecule has 7 nitrogen and oxygen atoms in total. The molecule has 0 spiro atoms. The Balaban J connectivity index is 1.31. The molecule has 5 rings (SSSR count). The Hall–Kier alpha value is -4.98. The maximum absolute atomic E-state index is 13.1. The molecule has 0 unspecified atom stereocenters. The number of anilines is 1. The highest BCUT2D eigenvalue weighted by Crippen LogP contribution is 2.21. The monoisotopic (exact) mass is 507 g/mol. The van der Waals surface area contributed by atoms with Crippen molar-refractivity contribution in [3.63, 3.8) is 0 Å². The quantitative estimate of drug-likeness (QED) is 0.222. The van der Waals surface area contributed by atoms with Crippen molar-refractivity contribution >= 4 is 34.6 Å². The van der Waals surface area contributed by atoms with Crippen LogP contribution >= 0.6 is 0 Å². The Morgan fingerprint density at radius 1 is 0.921 bits per heavy atom. The number of hydrazone groups is 1. The Bertz CT molecular complexity index is 1640. The van der Waals surface area contributed by atoms with E-state index >= 15 is 0 Å². The first-order valence-electron chi connectivity index (χ1n) is 12.1. The third kappa shape index (κ3) is 5.24. The molecular formula is C30H26FN5O2. The third-order valence-corrected chi connectivity index (χ3v) is 6.27.